The van der Waals surface area contributed by atoms with Crippen molar-refractivity contribution in [3.63, 3.8) is 0 Å². The first-order chi connectivity index (χ1) is 10.7. The molecule has 0 aromatic rings. The van der Waals surface area contributed by atoms with E-state index in [9.17, 15) is 9.59 Å². The molecule has 0 amide bonds. The molecule has 0 aromatic carbocycles. The third-order valence-corrected chi connectivity index (χ3v) is 5.80. The van der Waals surface area contributed by atoms with Gasteiger partial charge in [-0.1, -0.05) is 0 Å². The molecule has 0 spiro atoms. The summed E-state index contributed by atoms with van der Waals surface area (Å²) in [6.45, 7) is 6.32. The zero-order valence-corrected chi connectivity index (χ0v) is 16.8. The van der Waals surface area contributed by atoms with Crippen LogP contribution in [0.5, 0.6) is 0 Å². The lowest BCUT2D eigenvalue weighted by molar-refractivity contribution is -0.150. The summed E-state index contributed by atoms with van der Waals surface area (Å²) in [7, 11) is -0.895. The first-order valence-electron chi connectivity index (χ1n) is 8.17. The van der Waals surface area contributed by atoms with E-state index in [1.54, 1.807) is 0 Å². The third-order valence-electron chi connectivity index (χ3n) is 2.83. The summed E-state index contributed by atoms with van der Waals surface area (Å²) in [6.07, 6.45) is 1.86. The molecule has 0 saturated heterocycles. The highest BCUT2D eigenvalue weighted by Crippen LogP contribution is 2.00. The maximum absolute atomic E-state index is 11.4. The van der Waals surface area contributed by atoms with Crippen molar-refractivity contribution in [3.8, 4) is 0 Å². The van der Waals surface area contributed by atoms with Crippen molar-refractivity contribution in [2.75, 3.05) is 26.4 Å². The zero-order chi connectivity index (χ0) is 16.5. The summed E-state index contributed by atoms with van der Waals surface area (Å²) in [4.78, 5) is 22.8. The summed E-state index contributed by atoms with van der Waals surface area (Å²) in [6, 6.07) is 2.02. The van der Waals surface area contributed by atoms with E-state index in [1.807, 2.05) is 13.8 Å². The van der Waals surface area contributed by atoms with Crippen LogP contribution in [0, 0.1) is 0 Å². The minimum Gasteiger partial charge on any atom is -0.466 e. The van der Waals surface area contributed by atoms with Crippen molar-refractivity contribution in [2.24, 2.45) is 0 Å². The minimum absolute atomic E-state index is 0.0927. The van der Waals surface area contributed by atoms with Crippen molar-refractivity contribution in [1.29, 1.82) is 0 Å². The molecule has 0 N–H and O–H groups in total. The molecule has 0 aliphatic rings. The van der Waals surface area contributed by atoms with E-state index in [-0.39, 0.29) is 24.8 Å². The highest BCUT2D eigenvalue weighted by Gasteiger charge is 2.09. The van der Waals surface area contributed by atoms with Gasteiger partial charge in [0.25, 0.3) is 0 Å². The largest absolute Gasteiger partial charge is 0.466 e. The molecule has 130 valence electrons. The predicted octanol–water partition coefficient (Wildman–Crippen LogP) is 0.710. The lowest BCUT2D eigenvalue weighted by atomic mass is 10.3. The second kappa shape index (κ2) is 16.7. The normalized spacial score (nSPS) is 11.5. The van der Waals surface area contributed by atoms with Crippen LogP contribution in [-0.2, 0) is 27.9 Å². The van der Waals surface area contributed by atoms with Gasteiger partial charge in [-0.3, -0.25) is 9.59 Å². The number of hydrogen-bond donors (Lipinski definition) is 0. The number of esters is 2. The van der Waals surface area contributed by atoms with Crippen molar-refractivity contribution in [3.05, 3.63) is 0 Å². The quantitative estimate of drug-likeness (QED) is 0.246. The lowest BCUT2D eigenvalue weighted by Crippen LogP contribution is -2.12. The molecule has 22 heavy (non-hydrogen) atoms. The smallest absolute Gasteiger partial charge is 0.306 e. The highest BCUT2D eigenvalue weighted by molar-refractivity contribution is 6.27. The molecule has 0 rings (SSSR count). The Labute approximate surface area is 138 Å². The first-order valence-corrected chi connectivity index (χ1v) is 11.3. The van der Waals surface area contributed by atoms with Crippen LogP contribution in [0.3, 0.4) is 0 Å². The molecule has 0 atom stereocenters. The Kier molecular flexibility index (Phi) is 16.1. The van der Waals surface area contributed by atoms with E-state index in [0.29, 0.717) is 13.2 Å². The maximum atomic E-state index is 11.4. The molecule has 0 heterocycles. The molecule has 0 unspecified atom stereocenters. The Morgan fingerprint density at radius 1 is 0.773 bits per heavy atom. The molecule has 0 radical (unpaired) electrons. The molecule has 8 heteroatoms. The van der Waals surface area contributed by atoms with Crippen LogP contribution >= 0.6 is 0 Å². The fraction of sp³-hybridized carbons (Fsp3) is 0.857. The number of rotatable bonds is 15. The molecule has 0 saturated carbocycles. The van der Waals surface area contributed by atoms with Crippen LogP contribution < -0.4 is 0 Å². The van der Waals surface area contributed by atoms with Crippen molar-refractivity contribution in [1.82, 2.24) is 0 Å². The molecular formula is C14H30O6Si2. The van der Waals surface area contributed by atoms with E-state index in [0.717, 1.165) is 38.1 Å². The van der Waals surface area contributed by atoms with Gasteiger partial charge in [-0.25, -0.2) is 0 Å². The molecule has 0 fully saturated rings. The molecule has 0 aliphatic carbocycles. The van der Waals surface area contributed by atoms with Crippen LogP contribution in [0.1, 0.15) is 39.5 Å². The summed E-state index contributed by atoms with van der Waals surface area (Å²) < 4.78 is 20.7. The Bertz CT molecular complexity index is 261. The van der Waals surface area contributed by atoms with E-state index in [2.05, 4.69) is 0 Å². The summed E-state index contributed by atoms with van der Waals surface area (Å²) in [5.41, 5.74) is 0. The van der Waals surface area contributed by atoms with Crippen molar-refractivity contribution >= 4 is 31.5 Å². The topological polar surface area (TPSA) is 71.1 Å². The van der Waals surface area contributed by atoms with Crippen LogP contribution in [0.15, 0.2) is 0 Å². The van der Waals surface area contributed by atoms with Gasteiger partial charge < -0.3 is 18.3 Å². The Balaban J connectivity index is 3.36. The van der Waals surface area contributed by atoms with Crippen molar-refractivity contribution in [2.45, 2.75) is 51.6 Å². The molecule has 0 aromatic heterocycles. The monoisotopic (exact) mass is 350 g/mol. The van der Waals surface area contributed by atoms with Gasteiger partial charge in [-0.05, 0) is 38.8 Å². The van der Waals surface area contributed by atoms with Crippen molar-refractivity contribution < 1.29 is 27.9 Å². The highest BCUT2D eigenvalue weighted by atomic mass is 28.2. The lowest BCUT2D eigenvalue weighted by Gasteiger charge is -2.06. The summed E-state index contributed by atoms with van der Waals surface area (Å²) >= 11 is 0. The molecule has 0 aliphatic heterocycles. The van der Waals surface area contributed by atoms with Gasteiger partial charge in [0.2, 0.25) is 0 Å². The van der Waals surface area contributed by atoms with E-state index < -0.39 is 19.5 Å². The Hall–Kier alpha value is -0.706. The standard InChI is InChI=1S/C14H30O6Si2/c1-3-19-21-11-5-9-17-13(15)7-8-14(16)18-10-6-12-22-20-4-2/h3-12,21-22H2,1-2H3. The summed E-state index contributed by atoms with van der Waals surface area (Å²) in [5, 5.41) is 0. The fourth-order valence-electron chi connectivity index (χ4n) is 1.62. The molecule has 0 bridgehead atoms. The second-order valence-corrected chi connectivity index (χ2v) is 7.80. The van der Waals surface area contributed by atoms with Crippen LogP contribution in [0.25, 0.3) is 0 Å². The Morgan fingerprint density at radius 2 is 1.18 bits per heavy atom. The Morgan fingerprint density at radius 3 is 1.55 bits per heavy atom. The van der Waals surface area contributed by atoms with Gasteiger partial charge in [0.05, 0.1) is 26.1 Å². The molecular weight excluding hydrogens is 320 g/mol. The number of ether oxygens (including phenoxy) is 2. The van der Waals surface area contributed by atoms with Gasteiger partial charge in [0, 0.05) is 13.2 Å². The fourth-order valence-corrected chi connectivity index (χ4v) is 3.42. The molecule has 6 nitrogen and oxygen atoms in total. The maximum Gasteiger partial charge on any atom is 0.306 e. The number of carbonyl (C=O) groups is 2. The summed E-state index contributed by atoms with van der Waals surface area (Å²) in [5.74, 6) is -0.669. The van der Waals surface area contributed by atoms with Gasteiger partial charge in [0.1, 0.15) is 0 Å². The van der Waals surface area contributed by atoms with Gasteiger partial charge >= 0.3 is 11.9 Å². The first kappa shape index (κ1) is 21.3. The average Bonchev–Trinajstić information content (AvgIpc) is 2.52. The second-order valence-electron chi connectivity index (χ2n) is 4.75. The van der Waals surface area contributed by atoms with E-state index in [1.165, 1.54) is 0 Å². The third kappa shape index (κ3) is 15.7. The van der Waals surface area contributed by atoms with Gasteiger partial charge in [-0.2, -0.15) is 0 Å². The van der Waals surface area contributed by atoms with Crippen LogP contribution in [0.2, 0.25) is 12.1 Å². The van der Waals surface area contributed by atoms with E-state index >= 15 is 0 Å². The van der Waals surface area contributed by atoms with E-state index in [4.69, 9.17) is 18.3 Å². The van der Waals surface area contributed by atoms with Crippen LogP contribution in [0.4, 0.5) is 0 Å². The predicted molar refractivity (Wildman–Crippen MR) is 90.3 cm³/mol. The SMILES string of the molecule is CCO[SiH2]CCCOC(=O)CCC(=O)OCCC[SiH2]OCC. The van der Waals surface area contributed by atoms with Gasteiger partial charge in [0.15, 0.2) is 19.5 Å². The van der Waals surface area contributed by atoms with Crippen LogP contribution in [-0.4, -0.2) is 57.9 Å². The minimum atomic E-state index is -0.447. The number of carbonyl (C=O) groups excluding carboxylic acids is 2. The average molecular weight is 351 g/mol. The zero-order valence-electron chi connectivity index (χ0n) is 13.9. The number of hydrogen-bond acceptors (Lipinski definition) is 6. The van der Waals surface area contributed by atoms with Gasteiger partial charge in [-0.15, -0.1) is 0 Å².